The van der Waals surface area contributed by atoms with Gasteiger partial charge in [-0.1, -0.05) is 48.0 Å². The predicted molar refractivity (Wildman–Crippen MR) is 115 cm³/mol. The summed E-state index contributed by atoms with van der Waals surface area (Å²) in [6, 6.07) is 23.2. The average molecular weight is 385 g/mol. The molecule has 0 aliphatic carbocycles. The van der Waals surface area contributed by atoms with Crippen molar-refractivity contribution in [1.82, 2.24) is 9.78 Å². The molecule has 29 heavy (non-hydrogen) atoms. The van der Waals surface area contributed by atoms with Gasteiger partial charge < -0.3 is 0 Å². The molecule has 0 aliphatic heterocycles. The Morgan fingerprint density at radius 3 is 2.24 bits per heavy atom. The van der Waals surface area contributed by atoms with E-state index in [4.69, 9.17) is 0 Å². The van der Waals surface area contributed by atoms with Crippen LogP contribution in [0.25, 0.3) is 16.9 Å². The Kier molecular flexibility index (Phi) is 4.96. The second-order valence-corrected chi connectivity index (χ2v) is 6.88. The molecule has 0 saturated carbocycles. The minimum absolute atomic E-state index is 0.233. The number of benzene rings is 3. The number of nitrogens with zero attached hydrogens (tertiary/aromatic N) is 2. The monoisotopic (exact) mass is 385 g/mol. The second-order valence-electron chi connectivity index (χ2n) is 6.88. The van der Waals surface area contributed by atoms with Crippen LogP contribution >= 0.6 is 0 Å². The fraction of sp³-hybridized carbons (Fsp3) is 0.0833. The third kappa shape index (κ3) is 3.80. The van der Waals surface area contributed by atoms with Crippen LogP contribution in [-0.2, 0) is 0 Å². The molecule has 5 heteroatoms. The molecule has 0 aliphatic rings. The molecule has 144 valence electrons. The molecular formula is C24H20FN3O. The van der Waals surface area contributed by atoms with Gasteiger partial charge in [0, 0.05) is 5.56 Å². The van der Waals surface area contributed by atoms with Crippen molar-refractivity contribution < 1.29 is 4.39 Å². The number of rotatable bonds is 4. The molecule has 0 spiro atoms. The Labute approximate surface area is 168 Å². The Balaban J connectivity index is 1.90. The first-order chi connectivity index (χ1) is 14.0. The summed E-state index contributed by atoms with van der Waals surface area (Å²) in [4.78, 5) is 18.0. The van der Waals surface area contributed by atoms with E-state index >= 15 is 0 Å². The van der Waals surface area contributed by atoms with E-state index in [1.807, 2.05) is 68.4 Å². The SMILES string of the molecule is CC(=Nc1ccc(C)cc1)c1c(-c2ccccc2)[nH]n(-c2ccc(F)cc2)c1=O. The topological polar surface area (TPSA) is 50.1 Å². The molecule has 0 saturated heterocycles. The van der Waals surface area contributed by atoms with Crippen molar-refractivity contribution in [1.29, 1.82) is 0 Å². The number of hydrogen-bond donors (Lipinski definition) is 1. The molecule has 3 aromatic carbocycles. The quantitative estimate of drug-likeness (QED) is 0.469. The van der Waals surface area contributed by atoms with E-state index < -0.39 is 0 Å². The van der Waals surface area contributed by atoms with Crippen LogP contribution in [0.1, 0.15) is 18.1 Å². The van der Waals surface area contributed by atoms with Crippen molar-refractivity contribution in [2.24, 2.45) is 4.99 Å². The van der Waals surface area contributed by atoms with Gasteiger partial charge in [-0.25, -0.2) is 9.07 Å². The van der Waals surface area contributed by atoms with Crippen LogP contribution in [0.15, 0.2) is 88.6 Å². The van der Waals surface area contributed by atoms with Crippen molar-refractivity contribution in [3.63, 3.8) is 0 Å². The van der Waals surface area contributed by atoms with Crippen LogP contribution in [0.5, 0.6) is 0 Å². The maximum absolute atomic E-state index is 13.3. The zero-order valence-corrected chi connectivity index (χ0v) is 16.2. The van der Waals surface area contributed by atoms with Gasteiger partial charge in [0.2, 0.25) is 0 Å². The summed E-state index contributed by atoms with van der Waals surface area (Å²) in [6.45, 7) is 3.84. The number of hydrogen-bond acceptors (Lipinski definition) is 2. The van der Waals surface area contributed by atoms with Gasteiger partial charge in [-0.3, -0.25) is 14.9 Å². The summed E-state index contributed by atoms with van der Waals surface area (Å²) < 4.78 is 14.8. The average Bonchev–Trinajstić information content (AvgIpc) is 3.08. The number of halogens is 1. The molecule has 0 unspecified atom stereocenters. The molecule has 1 aromatic heterocycles. The normalized spacial score (nSPS) is 11.6. The molecule has 4 rings (SSSR count). The summed E-state index contributed by atoms with van der Waals surface area (Å²) in [7, 11) is 0. The lowest BCUT2D eigenvalue weighted by Crippen LogP contribution is -2.19. The lowest BCUT2D eigenvalue weighted by molar-refractivity contribution is 0.627. The third-order valence-corrected chi connectivity index (χ3v) is 4.73. The van der Waals surface area contributed by atoms with Crippen molar-refractivity contribution in [2.75, 3.05) is 0 Å². The Hall–Kier alpha value is -3.73. The minimum Gasteiger partial charge on any atom is -0.290 e. The highest BCUT2D eigenvalue weighted by Gasteiger charge is 2.19. The molecule has 4 aromatic rings. The van der Waals surface area contributed by atoms with Crippen LogP contribution < -0.4 is 5.56 Å². The molecule has 0 bridgehead atoms. The number of aryl methyl sites for hydroxylation is 1. The van der Waals surface area contributed by atoms with Gasteiger partial charge in [-0.05, 0) is 50.2 Å². The molecule has 1 N–H and O–H groups in total. The molecular weight excluding hydrogens is 365 g/mol. The third-order valence-electron chi connectivity index (χ3n) is 4.73. The standard InChI is InChI=1S/C24H20FN3O/c1-16-8-12-20(13-9-16)26-17(2)22-23(18-6-4-3-5-7-18)27-28(24(22)29)21-14-10-19(25)11-15-21/h3-15,27H,1-2H3. The summed E-state index contributed by atoms with van der Waals surface area (Å²) in [5, 5.41) is 3.18. The van der Waals surface area contributed by atoms with E-state index in [-0.39, 0.29) is 11.4 Å². The molecule has 0 radical (unpaired) electrons. The highest BCUT2D eigenvalue weighted by Crippen LogP contribution is 2.23. The Morgan fingerprint density at radius 1 is 0.931 bits per heavy atom. The molecule has 0 atom stereocenters. The van der Waals surface area contributed by atoms with Crippen molar-refractivity contribution >= 4 is 11.4 Å². The maximum Gasteiger partial charge on any atom is 0.280 e. The second kappa shape index (κ2) is 7.72. The van der Waals surface area contributed by atoms with Crippen LogP contribution in [0.2, 0.25) is 0 Å². The highest BCUT2D eigenvalue weighted by molar-refractivity contribution is 6.04. The van der Waals surface area contributed by atoms with Gasteiger partial charge in [0.15, 0.2) is 0 Å². The highest BCUT2D eigenvalue weighted by atomic mass is 19.1. The van der Waals surface area contributed by atoms with Gasteiger partial charge in [0.1, 0.15) is 5.82 Å². The van der Waals surface area contributed by atoms with E-state index in [9.17, 15) is 9.18 Å². The first-order valence-corrected chi connectivity index (χ1v) is 9.31. The van der Waals surface area contributed by atoms with Crippen molar-refractivity contribution in [3.8, 4) is 16.9 Å². The van der Waals surface area contributed by atoms with Gasteiger partial charge in [0.05, 0.1) is 28.3 Å². The van der Waals surface area contributed by atoms with Crippen LogP contribution in [0, 0.1) is 12.7 Å². The molecule has 1 heterocycles. The zero-order chi connectivity index (χ0) is 20.4. The first kappa shape index (κ1) is 18.6. The number of nitrogens with one attached hydrogen (secondary N) is 1. The number of aliphatic imine (C=N–C) groups is 1. The first-order valence-electron chi connectivity index (χ1n) is 9.31. The summed E-state index contributed by atoms with van der Waals surface area (Å²) in [6.07, 6.45) is 0. The molecule has 0 amide bonds. The van der Waals surface area contributed by atoms with Gasteiger partial charge in [-0.2, -0.15) is 0 Å². The summed E-state index contributed by atoms with van der Waals surface area (Å²) in [5.41, 5.74) is 4.89. The van der Waals surface area contributed by atoms with Crippen LogP contribution in [-0.4, -0.2) is 15.5 Å². The minimum atomic E-state index is -0.353. The Morgan fingerprint density at radius 2 is 1.59 bits per heavy atom. The van der Waals surface area contributed by atoms with Crippen LogP contribution in [0.3, 0.4) is 0 Å². The molecule has 4 nitrogen and oxygen atoms in total. The van der Waals surface area contributed by atoms with Gasteiger partial charge in [0.25, 0.3) is 5.56 Å². The number of H-pyrrole nitrogens is 1. The lowest BCUT2D eigenvalue weighted by atomic mass is 10.1. The summed E-state index contributed by atoms with van der Waals surface area (Å²) >= 11 is 0. The van der Waals surface area contributed by atoms with E-state index in [2.05, 4.69) is 10.1 Å². The predicted octanol–water partition coefficient (Wildman–Crippen LogP) is 5.42. The van der Waals surface area contributed by atoms with E-state index in [0.29, 0.717) is 22.7 Å². The van der Waals surface area contributed by atoms with E-state index in [1.54, 1.807) is 12.1 Å². The van der Waals surface area contributed by atoms with E-state index in [1.165, 1.54) is 16.8 Å². The van der Waals surface area contributed by atoms with Crippen LogP contribution in [0.4, 0.5) is 10.1 Å². The largest absolute Gasteiger partial charge is 0.290 e. The number of aromatic amines is 1. The maximum atomic E-state index is 13.3. The van der Waals surface area contributed by atoms with Crippen molar-refractivity contribution in [3.05, 3.63) is 106 Å². The summed E-state index contributed by atoms with van der Waals surface area (Å²) in [5.74, 6) is -0.353. The lowest BCUT2D eigenvalue weighted by Gasteiger charge is -2.03. The smallest absolute Gasteiger partial charge is 0.280 e. The van der Waals surface area contributed by atoms with E-state index in [0.717, 1.165) is 16.8 Å². The fourth-order valence-electron chi connectivity index (χ4n) is 3.23. The van der Waals surface area contributed by atoms with Gasteiger partial charge >= 0.3 is 0 Å². The zero-order valence-electron chi connectivity index (χ0n) is 16.2. The fourth-order valence-corrected chi connectivity index (χ4v) is 3.23. The molecule has 0 fully saturated rings. The van der Waals surface area contributed by atoms with Gasteiger partial charge in [-0.15, -0.1) is 0 Å². The van der Waals surface area contributed by atoms with Crippen molar-refractivity contribution in [2.45, 2.75) is 13.8 Å². The Bertz CT molecular complexity index is 1220. The number of aromatic nitrogens is 2.